The predicted octanol–water partition coefficient (Wildman–Crippen LogP) is 4.11. The van der Waals surface area contributed by atoms with Crippen molar-refractivity contribution in [3.05, 3.63) is 48.7 Å². The fraction of sp³-hybridized carbons (Fsp3) is 0.300. The molecule has 0 radical (unpaired) electrons. The van der Waals surface area contributed by atoms with Gasteiger partial charge in [0.2, 0.25) is 0 Å². The van der Waals surface area contributed by atoms with Gasteiger partial charge in [0, 0.05) is 5.39 Å². The molecule has 1 atom stereocenters. The van der Waals surface area contributed by atoms with Gasteiger partial charge in [0.15, 0.2) is 11.4 Å². The van der Waals surface area contributed by atoms with Gasteiger partial charge in [0.25, 0.3) is 0 Å². The predicted molar refractivity (Wildman–Crippen MR) is 102 cm³/mol. The van der Waals surface area contributed by atoms with Crippen molar-refractivity contribution in [3.63, 3.8) is 0 Å². The molecular weight excluding hydrogens is 328 g/mol. The van der Waals surface area contributed by atoms with E-state index in [-0.39, 0.29) is 12.6 Å². The van der Waals surface area contributed by atoms with Crippen molar-refractivity contribution in [2.45, 2.75) is 32.2 Å². The Hall–Kier alpha value is -2.86. The largest absolute Gasteiger partial charge is 0.454 e. The molecule has 3 heterocycles. The average molecular weight is 350 g/mol. The van der Waals surface area contributed by atoms with E-state index in [0.717, 1.165) is 47.3 Å². The molecule has 0 saturated heterocycles. The second-order valence-electron chi connectivity index (χ2n) is 6.45. The fourth-order valence-electron chi connectivity index (χ4n) is 3.10. The maximum atomic E-state index is 9.58. The first-order chi connectivity index (χ1) is 12.8. The van der Waals surface area contributed by atoms with Crippen LogP contribution in [0.25, 0.3) is 28.1 Å². The summed E-state index contributed by atoms with van der Waals surface area (Å²) in [6.45, 7) is 2.23. The molecule has 0 saturated carbocycles. The third kappa shape index (κ3) is 3.15. The maximum Gasteiger partial charge on any atom is 0.155 e. The van der Waals surface area contributed by atoms with Crippen LogP contribution in [0, 0.1) is 0 Å². The van der Waals surface area contributed by atoms with Gasteiger partial charge in [-0.05, 0) is 30.7 Å². The van der Waals surface area contributed by atoms with E-state index in [1.807, 2.05) is 42.5 Å². The quantitative estimate of drug-likeness (QED) is 0.525. The van der Waals surface area contributed by atoms with Crippen LogP contribution in [0.15, 0.2) is 53.1 Å². The lowest BCUT2D eigenvalue weighted by atomic mass is 10.1. The van der Waals surface area contributed by atoms with E-state index in [2.05, 4.69) is 22.3 Å². The molecule has 0 fully saturated rings. The Labute approximate surface area is 151 Å². The van der Waals surface area contributed by atoms with Crippen LogP contribution in [0.5, 0.6) is 0 Å². The number of aromatic nitrogens is 3. The van der Waals surface area contributed by atoms with Crippen LogP contribution in [-0.4, -0.2) is 32.4 Å². The highest BCUT2D eigenvalue weighted by atomic mass is 16.3. The molecule has 0 spiro atoms. The van der Waals surface area contributed by atoms with Gasteiger partial charge in [-0.2, -0.15) is 0 Å². The zero-order valence-corrected chi connectivity index (χ0v) is 14.7. The van der Waals surface area contributed by atoms with E-state index in [0.29, 0.717) is 5.82 Å². The van der Waals surface area contributed by atoms with Crippen molar-refractivity contribution in [1.82, 2.24) is 14.6 Å². The molecule has 2 N–H and O–H groups in total. The number of imidazole rings is 1. The van der Waals surface area contributed by atoms with Crippen molar-refractivity contribution in [2.24, 2.45) is 0 Å². The van der Waals surface area contributed by atoms with Crippen molar-refractivity contribution < 1.29 is 9.52 Å². The summed E-state index contributed by atoms with van der Waals surface area (Å²) in [6, 6.07) is 13.7. The number of anilines is 1. The Morgan fingerprint density at radius 2 is 2.12 bits per heavy atom. The van der Waals surface area contributed by atoms with E-state index in [1.54, 1.807) is 10.7 Å². The Morgan fingerprint density at radius 3 is 2.92 bits per heavy atom. The molecule has 1 aromatic carbocycles. The number of nitrogens with one attached hydrogen (secondary N) is 1. The highest BCUT2D eigenvalue weighted by Gasteiger charge is 2.14. The molecule has 26 heavy (non-hydrogen) atoms. The third-order valence-electron chi connectivity index (χ3n) is 4.52. The molecule has 134 valence electrons. The first kappa shape index (κ1) is 16.6. The Bertz CT molecular complexity index is 988. The van der Waals surface area contributed by atoms with Gasteiger partial charge in [0.1, 0.15) is 17.1 Å². The van der Waals surface area contributed by atoms with Crippen molar-refractivity contribution in [2.75, 3.05) is 11.9 Å². The van der Waals surface area contributed by atoms with Gasteiger partial charge in [0.05, 0.1) is 18.8 Å². The number of aliphatic hydroxyl groups is 1. The number of nitrogens with zero attached hydrogens (tertiary/aromatic N) is 3. The summed E-state index contributed by atoms with van der Waals surface area (Å²) in [5.41, 5.74) is 2.39. The Balaban J connectivity index is 1.68. The van der Waals surface area contributed by atoms with Crippen LogP contribution < -0.4 is 5.32 Å². The number of unbranched alkanes of at least 4 members (excludes halogenated alkanes) is 1. The van der Waals surface area contributed by atoms with E-state index in [9.17, 15) is 5.11 Å². The number of hydrogen-bond acceptors (Lipinski definition) is 5. The number of para-hydroxylation sites is 1. The van der Waals surface area contributed by atoms with E-state index < -0.39 is 0 Å². The molecule has 0 aliphatic carbocycles. The zero-order chi connectivity index (χ0) is 17.9. The molecule has 0 amide bonds. The molecule has 0 aliphatic heterocycles. The van der Waals surface area contributed by atoms with Crippen LogP contribution in [-0.2, 0) is 0 Å². The zero-order valence-electron chi connectivity index (χ0n) is 14.7. The monoisotopic (exact) mass is 350 g/mol. The molecule has 1 unspecified atom stereocenters. The minimum Gasteiger partial charge on any atom is -0.454 e. The molecule has 0 bridgehead atoms. The van der Waals surface area contributed by atoms with E-state index in [4.69, 9.17) is 4.42 Å². The molecule has 4 rings (SSSR count). The summed E-state index contributed by atoms with van der Waals surface area (Å²) in [5.74, 6) is 1.44. The van der Waals surface area contributed by atoms with Gasteiger partial charge in [-0.25, -0.2) is 9.50 Å². The lowest BCUT2D eigenvalue weighted by Crippen LogP contribution is -2.24. The third-order valence-corrected chi connectivity index (χ3v) is 4.52. The van der Waals surface area contributed by atoms with Gasteiger partial charge in [-0.15, -0.1) is 5.10 Å². The number of hydrogen-bond donors (Lipinski definition) is 2. The van der Waals surface area contributed by atoms with Crippen molar-refractivity contribution in [3.8, 4) is 11.5 Å². The summed E-state index contributed by atoms with van der Waals surface area (Å²) in [7, 11) is 0. The van der Waals surface area contributed by atoms with Crippen LogP contribution in [0.4, 0.5) is 5.82 Å². The lowest BCUT2D eigenvalue weighted by Gasteiger charge is -2.16. The van der Waals surface area contributed by atoms with Crippen LogP contribution in [0.2, 0.25) is 0 Å². The topological polar surface area (TPSA) is 75.6 Å². The highest BCUT2D eigenvalue weighted by molar-refractivity contribution is 5.82. The van der Waals surface area contributed by atoms with E-state index >= 15 is 0 Å². The second kappa shape index (κ2) is 7.17. The van der Waals surface area contributed by atoms with Crippen molar-refractivity contribution >= 4 is 22.4 Å². The fourth-order valence-corrected chi connectivity index (χ4v) is 3.10. The standard InChI is InChI=1S/C20H22N4O2/c1-2-3-7-15(13-25)22-19-9-10-20-21-12-16(24(20)23-19)18-11-14-6-4-5-8-17(14)26-18/h4-6,8-12,15,25H,2-3,7,13H2,1H3,(H,22,23). The summed E-state index contributed by atoms with van der Waals surface area (Å²) in [4.78, 5) is 4.42. The average Bonchev–Trinajstić information content (AvgIpc) is 3.28. The SMILES string of the molecule is CCCCC(CO)Nc1ccc2ncc(-c3cc4ccccc4o3)n2n1. The summed E-state index contributed by atoms with van der Waals surface area (Å²) >= 11 is 0. The van der Waals surface area contributed by atoms with Gasteiger partial charge in [-0.3, -0.25) is 0 Å². The van der Waals surface area contributed by atoms with Gasteiger partial charge >= 0.3 is 0 Å². The number of aliphatic hydroxyl groups excluding tert-OH is 1. The number of rotatable bonds is 7. The van der Waals surface area contributed by atoms with Crippen molar-refractivity contribution in [1.29, 1.82) is 0 Å². The highest BCUT2D eigenvalue weighted by Crippen LogP contribution is 2.28. The summed E-state index contributed by atoms with van der Waals surface area (Å²) < 4.78 is 7.73. The molecular formula is C20H22N4O2. The van der Waals surface area contributed by atoms with Crippen LogP contribution in [0.3, 0.4) is 0 Å². The smallest absolute Gasteiger partial charge is 0.155 e. The first-order valence-electron chi connectivity index (χ1n) is 8.99. The molecule has 0 aliphatic rings. The minimum atomic E-state index is -0.00178. The summed E-state index contributed by atoms with van der Waals surface area (Å²) in [6.07, 6.45) is 4.84. The number of fused-ring (bicyclic) bond motifs is 2. The normalized spacial score (nSPS) is 12.7. The van der Waals surface area contributed by atoms with E-state index in [1.165, 1.54) is 0 Å². The van der Waals surface area contributed by atoms with Gasteiger partial charge < -0.3 is 14.8 Å². The number of furan rings is 1. The second-order valence-corrected chi connectivity index (χ2v) is 6.45. The molecule has 3 aromatic heterocycles. The van der Waals surface area contributed by atoms with Crippen LogP contribution in [0.1, 0.15) is 26.2 Å². The molecule has 6 nitrogen and oxygen atoms in total. The number of benzene rings is 1. The maximum absolute atomic E-state index is 9.58. The Morgan fingerprint density at radius 1 is 1.23 bits per heavy atom. The summed E-state index contributed by atoms with van der Waals surface area (Å²) in [5, 5.41) is 18.6. The minimum absolute atomic E-state index is 0.00178. The van der Waals surface area contributed by atoms with Gasteiger partial charge in [-0.1, -0.05) is 38.0 Å². The van der Waals surface area contributed by atoms with Crippen LogP contribution >= 0.6 is 0 Å². The first-order valence-corrected chi connectivity index (χ1v) is 8.99. The molecule has 6 heteroatoms. The Kier molecular flexibility index (Phi) is 4.58. The molecule has 4 aromatic rings. The lowest BCUT2D eigenvalue weighted by molar-refractivity contribution is 0.267.